The topological polar surface area (TPSA) is 63.6 Å². The summed E-state index contributed by atoms with van der Waals surface area (Å²) in [6, 6.07) is 14.5. The second-order valence-electron chi connectivity index (χ2n) is 10.4. The zero-order chi connectivity index (χ0) is 24.3. The Balaban J connectivity index is 1.43. The smallest absolute Gasteiger partial charge is 0.410 e. The molecule has 1 aliphatic rings. The van der Waals surface area contributed by atoms with E-state index in [-0.39, 0.29) is 17.9 Å². The van der Waals surface area contributed by atoms with Crippen LogP contribution in [0.5, 0.6) is 0 Å². The highest BCUT2D eigenvalue weighted by Crippen LogP contribution is 2.30. The van der Waals surface area contributed by atoms with Crippen LogP contribution in [0.2, 0.25) is 0 Å². The zero-order valence-electron chi connectivity index (χ0n) is 20.9. The Morgan fingerprint density at radius 3 is 2.59 bits per heavy atom. The maximum Gasteiger partial charge on any atom is 0.410 e. The van der Waals surface area contributed by atoms with E-state index in [1.807, 2.05) is 32.9 Å². The summed E-state index contributed by atoms with van der Waals surface area (Å²) in [6.45, 7) is 10.7. The van der Waals surface area contributed by atoms with E-state index in [9.17, 15) is 9.59 Å². The molecule has 4 rings (SSSR count). The maximum absolute atomic E-state index is 13.0. The van der Waals surface area contributed by atoms with Crippen molar-refractivity contribution in [3.05, 3.63) is 48.0 Å². The number of carbonyl (C=O) groups is 2. The first kappa shape index (κ1) is 24.1. The molecule has 0 spiro atoms. The fraction of sp³-hybridized carbons (Fsp3) is 0.500. The molecular weight excluding hydrogens is 426 g/mol. The minimum atomic E-state index is -0.499. The van der Waals surface area contributed by atoms with Gasteiger partial charge in [0.1, 0.15) is 5.60 Å². The van der Waals surface area contributed by atoms with Gasteiger partial charge in [-0.25, -0.2) is 4.79 Å². The van der Waals surface area contributed by atoms with Crippen LogP contribution >= 0.6 is 0 Å². The number of ether oxygens (including phenoxy) is 1. The van der Waals surface area contributed by atoms with Gasteiger partial charge in [0.15, 0.2) is 0 Å². The first-order chi connectivity index (χ1) is 16.3. The highest BCUT2D eigenvalue weighted by molar-refractivity contribution is 6.10. The summed E-state index contributed by atoms with van der Waals surface area (Å²) < 4.78 is 7.85. The first-order valence-corrected chi connectivity index (χ1v) is 12.5. The van der Waals surface area contributed by atoms with E-state index >= 15 is 0 Å². The van der Waals surface area contributed by atoms with Crippen LogP contribution < -0.4 is 5.32 Å². The molecule has 6 heteroatoms. The van der Waals surface area contributed by atoms with Crippen molar-refractivity contribution in [3.63, 3.8) is 0 Å². The Morgan fingerprint density at radius 2 is 1.82 bits per heavy atom. The predicted octanol–water partition coefficient (Wildman–Crippen LogP) is 5.97. The number of aryl methyl sites for hydroxylation is 1. The number of benzene rings is 2. The number of hydrogen-bond acceptors (Lipinski definition) is 3. The lowest BCUT2D eigenvalue weighted by atomic mass is 10.1. The Morgan fingerprint density at radius 1 is 1.06 bits per heavy atom. The second kappa shape index (κ2) is 10.1. The highest BCUT2D eigenvalue weighted by atomic mass is 16.6. The minimum Gasteiger partial charge on any atom is -0.444 e. The van der Waals surface area contributed by atoms with E-state index < -0.39 is 5.60 Å². The molecule has 0 saturated carbocycles. The molecule has 2 heterocycles. The van der Waals surface area contributed by atoms with Crippen molar-refractivity contribution in [1.29, 1.82) is 0 Å². The van der Waals surface area contributed by atoms with Gasteiger partial charge in [0, 0.05) is 53.5 Å². The van der Waals surface area contributed by atoms with Crippen LogP contribution in [0.1, 0.15) is 63.7 Å². The third-order valence-electron chi connectivity index (χ3n) is 6.51. The molecular formula is C28H37N3O3. The maximum atomic E-state index is 13.0. The SMILES string of the molecule is CCCCCn1c2ccccc2c2cc(C(=O)NCC3CCN(C(=O)OC(C)(C)C)C3)ccc21. The number of nitrogens with one attached hydrogen (secondary N) is 1. The number of unbranched alkanes of at least 4 members (excludes halogenated alkanes) is 2. The van der Waals surface area contributed by atoms with Crippen LogP contribution in [0.3, 0.4) is 0 Å². The monoisotopic (exact) mass is 463 g/mol. The van der Waals surface area contributed by atoms with Crippen molar-refractivity contribution in [1.82, 2.24) is 14.8 Å². The molecule has 182 valence electrons. The van der Waals surface area contributed by atoms with E-state index in [2.05, 4.69) is 47.1 Å². The van der Waals surface area contributed by atoms with E-state index in [0.29, 0.717) is 25.2 Å². The van der Waals surface area contributed by atoms with Gasteiger partial charge in [-0.1, -0.05) is 38.0 Å². The minimum absolute atomic E-state index is 0.0690. The van der Waals surface area contributed by atoms with Gasteiger partial charge in [-0.15, -0.1) is 0 Å². The molecule has 3 aromatic rings. The van der Waals surface area contributed by atoms with Gasteiger partial charge in [0.2, 0.25) is 0 Å². The van der Waals surface area contributed by atoms with Crippen LogP contribution in [0.4, 0.5) is 4.79 Å². The number of carbonyl (C=O) groups excluding carboxylic acids is 2. The number of amides is 2. The summed E-state index contributed by atoms with van der Waals surface area (Å²) in [5, 5.41) is 5.39. The second-order valence-corrected chi connectivity index (χ2v) is 10.4. The number of para-hydroxylation sites is 1. The van der Waals surface area contributed by atoms with Crippen molar-refractivity contribution in [2.45, 2.75) is 65.5 Å². The van der Waals surface area contributed by atoms with E-state index in [0.717, 1.165) is 24.8 Å². The van der Waals surface area contributed by atoms with Crippen LogP contribution in [0, 0.1) is 5.92 Å². The third kappa shape index (κ3) is 5.37. The Labute approximate surface area is 202 Å². The molecule has 1 atom stereocenters. The largest absolute Gasteiger partial charge is 0.444 e. The fourth-order valence-corrected chi connectivity index (χ4v) is 4.79. The molecule has 1 fully saturated rings. The quantitative estimate of drug-likeness (QED) is 0.439. The van der Waals surface area contributed by atoms with E-state index in [4.69, 9.17) is 4.74 Å². The fourth-order valence-electron chi connectivity index (χ4n) is 4.79. The van der Waals surface area contributed by atoms with Crippen molar-refractivity contribution >= 4 is 33.8 Å². The van der Waals surface area contributed by atoms with Crippen molar-refractivity contribution in [2.24, 2.45) is 5.92 Å². The van der Waals surface area contributed by atoms with Crippen LogP contribution in [-0.4, -0.2) is 46.7 Å². The van der Waals surface area contributed by atoms with Crippen LogP contribution in [0.15, 0.2) is 42.5 Å². The van der Waals surface area contributed by atoms with Crippen LogP contribution in [-0.2, 0) is 11.3 Å². The molecule has 0 radical (unpaired) electrons. The van der Waals surface area contributed by atoms with Crippen molar-refractivity contribution in [3.8, 4) is 0 Å². The number of likely N-dealkylation sites (tertiary alicyclic amines) is 1. The third-order valence-corrected chi connectivity index (χ3v) is 6.51. The Kier molecular flexibility index (Phi) is 7.15. The molecule has 6 nitrogen and oxygen atoms in total. The van der Waals surface area contributed by atoms with E-state index in [1.54, 1.807) is 4.90 Å². The lowest BCUT2D eigenvalue weighted by molar-refractivity contribution is 0.0288. The number of fused-ring (bicyclic) bond motifs is 3. The van der Waals surface area contributed by atoms with E-state index in [1.165, 1.54) is 29.3 Å². The van der Waals surface area contributed by atoms with Gasteiger partial charge >= 0.3 is 6.09 Å². The van der Waals surface area contributed by atoms with Crippen molar-refractivity contribution < 1.29 is 14.3 Å². The summed E-state index contributed by atoms with van der Waals surface area (Å²) in [5.74, 6) is 0.168. The summed E-state index contributed by atoms with van der Waals surface area (Å²) >= 11 is 0. The van der Waals surface area contributed by atoms with Gasteiger partial charge < -0.3 is 19.5 Å². The van der Waals surface area contributed by atoms with Gasteiger partial charge in [0.25, 0.3) is 5.91 Å². The molecule has 2 aromatic carbocycles. The average Bonchev–Trinajstić information content (AvgIpc) is 3.40. The molecule has 2 amide bonds. The molecule has 1 saturated heterocycles. The Bertz CT molecular complexity index is 1170. The number of nitrogens with zero attached hydrogens (tertiary/aromatic N) is 2. The Hall–Kier alpha value is -3.02. The average molecular weight is 464 g/mol. The van der Waals surface area contributed by atoms with Crippen molar-refractivity contribution in [2.75, 3.05) is 19.6 Å². The molecule has 34 heavy (non-hydrogen) atoms. The molecule has 1 N–H and O–H groups in total. The standard InChI is InChI=1S/C28H37N3O3/c1-5-6-9-15-31-24-11-8-7-10-22(24)23-17-21(12-13-25(23)31)26(32)29-18-20-14-16-30(19-20)27(33)34-28(2,3)4/h7-8,10-13,17,20H,5-6,9,14-16,18-19H2,1-4H3,(H,29,32). The normalized spacial score (nSPS) is 16.4. The van der Waals surface area contributed by atoms with Crippen LogP contribution in [0.25, 0.3) is 21.8 Å². The molecule has 1 aromatic heterocycles. The van der Waals surface area contributed by atoms with Gasteiger partial charge in [0.05, 0.1) is 0 Å². The number of hydrogen-bond donors (Lipinski definition) is 1. The lowest BCUT2D eigenvalue weighted by Gasteiger charge is -2.24. The zero-order valence-corrected chi connectivity index (χ0v) is 20.9. The summed E-state index contributed by atoms with van der Waals surface area (Å²) in [6.07, 6.45) is 4.14. The summed E-state index contributed by atoms with van der Waals surface area (Å²) in [7, 11) is 0. The molecule has 1 unspecified atom stereocenters. The molecule has 1 aliphatic heterocycles. The molecule has 0 aliphatic carbocycles. The summed E-state index contributed by atoms with van der Waals surface area (Å²) in [4.78, 5) is 27.0. The van der Waals surface area contributed by atoms with Gasteiger partial charge in [-0.2, -0.15) is 0 Å². The lowest BCUT2D eigenvalue weighted by Crippen LogP contribution is -2.36. The van der Waals surface area contributed by atoms with Gasteiger partial charge in [-0.05, 0) is 63.8 Å². The number of rotatable bonds is 7. The number of aromatic nitrogens is 1. The summed E-state index contributed by atoms with van der Waals surface area (Å²) in [5.41, 5.74) is 2.57. The first-order valence-electron chi connectivity index (χ1n) is 12.5. The molecule has 0 bridgehead atoms. The highest BCUT2D eigenvalue weighted by Gasteiger charge is 2.30. The van der Waals surface area contributed by atoms with Gasteiger partial charge in [-0.3, -0.25) is 4.79 Å². The predicted molar refractivity (Wildman–Crippen MR) is 137 cm³/mol.